The molecule has 4 rings (SSSR count). The zero-order valence-electron chi connectivity index (χ0n) is 20.8. The molecule has 2 amide bonds. The van der Waals surface area contributed by atoms with Crippen molar-refractivity contribution in [2.24, 2.45) is 5.92 Å². The minimum absolute atomic E-state index is 0.0261. The average molecular weight is 566 g/mol. The summed E-state index contributed by atoms with van der Waals surface area (Å²) in [5.74, 6) is -4.80. The molecule has 0 bridgehead atoms. The van der Waals surface area contributed by atoms with E-state index < -0.39 is 53.0 Å². The summed E-state index contributed by atoms with van der Waals surface area (Å²) in [6, 6.07) is 5.45. The van der Waals surface area contributed by atoms with Crippen molar-refractivity contribution >= 4 is 51.9 Å². The number of H-pyrrole nitrogens is 1. The fourth-order valence-electron chi connectivity index (χ4n) is 4.92. The topological polar surface area (TPSA) is 111 Å². The number of carboxylic acids is 1. The van der Waals surface area contributed by atoms with E-state index >= 15 is 0 Å². The van der Waals surface area contributed by atoms with Crippen LogP contribution in [0.15, 0.2) is 30.3 Å². The predicted molar refractivity (Wildman–Crippen MR) is 140 cm³/mol. The SMILES string of the molecule is CCC(C)[C@H](NC(=O)Cc1c(F)cccc1F)C(=O)N[C@]1(C(=O)O)CCc2[nH]c3c(Cl)cc(Cl)cc3c2C1. The highest BCUT2D eigenvalue weighted by atomic mass is 35.5. The Labute approximate surface area is 227 Å². The summed E-state index contributed by atoms with van der Waals surface area (Å²) in [7, 11) is 0. The molecule has 3 atom stereocenters. The van der Waals surface area contributed by atoms with Gasteiger partial charge in [0.05, 0.1) is 17.0 Å². The number of aromatic nitrogens is 1. The highest BCUT2D eigenvalue weighted by Gasteiger charge is 2.45. The normalized spacial score (nSPS) is 18.5. The maximum absolute atomic E-state index is 14.1. The number of nitrogens with one attached hydrogen (secondary N) is 3. The lowest BCUT2D eigenvalue weighted by molar-refractivity contribution is -0.149. The zero-order valence-corrected chi connectivity index (χ0v) is 22.3. The molecule has 2 aromatic carbocycles. The first-order valence-electron chi connectivity index (χ1n) is 12.2. The van der Waals surface area contributed by atoms with Crippen molar-refractivity contribution in [1.29, 1.82) is 0 Å². The molecular formula is C27H27Cl2F2N3O4. The number of benzene rings is 2. The molecule has 3 aromatic rings. The van der Waals surface area contributed by atoms with Crippen LogP contribution in [0.25, 0.3) is 10.9 Å². The Morgan fingerprint density at radius 2 is 1.87 bits per heavy atom. The van der Waals surface area contributed by atoms with Gasteiger partial charge in [-0.05, 0) is 48.6 Å². The van der Waals surface area contributed by atoms with Gasteiger partial charge in [-0.3, -0.25) is 9.59 Å². The van der Waals surface area contributed by atoms with E-state index in [2.05, 4.69) is 15.6 Å². The molecule has 1 aliphatic carbocycles. The van der Waals surface area contributed by atoms with Crippen LogP contribution >= 0.6 is 23.2 Å². The number of halogens is 4. The summed E-state index contributed by atoms with van der Waals surface area (Å²) >= 11 is 12.5. The maximum atomic E-state index is 14.1. The van der Waals surface area contributed by atoms with Gasteiger partial charge in [-0.15, -0.1) is 0 Å². The van der Waals surface area contributed by atoms with E-state index in [1.54, 1.807) is 19.1 Å². The molecule has 1 aromatic heterocycles. The highest BCUT2D eigenvalue weighted by molar-refractivity contribution is 6.38. The Morgan fingerprint density at radius 3 is 2.50 bits per heavy atom. The van der Waals surface area contributed by atoms with Crippen LogP contribution in [0.2, 0.25) is 10.0 Å². The van der Waals surface area contributed by atoms with Gasteiger partial charge in [-0.1, -0.05) is 49.5 Å². The predicted octanol–water partition coefficient (Wildman–Crippen LogP) is 4.95. The van der Waals surface area contributed by atoms with E-state index in [0.29, 0.717) is 39.4 Å². The minimum Gasteiger partial charge on any atom is -0.479 e. The van der Waals surface area contributed by atoms with Gasteiger partial charge in [0.2, 0.25) is 11.8 Å². The molecule has 202 valence electrons. The van der Waals surface area contributed by atoms with E-state index in [1.165, 1.54) is 6.07 Å². The van der Waals surface area contributed by atoms with Crippen molar-refractivity contribution in [2.75, 3.05) is 0 Å². The monoisotopic (exact) mass is 565 g/mol. The van der Waals surface area contributed by atoms with E-state index in [1.807, 2.05) is 6.92 Å². The van der Waals surface area contributed by atoms with Crippen LogP contribution in [0.5, 0.6) is 0 Å². The molecule has 1 unspecified atom stereocenters. The fraction of sp³-hybridized carbons (Fsp3) is 0.370. The van der Waals surface area contributed by atoms with E-state index in [4.69, 9.17) is 23.2 Å². The van der Waals surface area contributed by atoms with Crippen LogP contribution in [-0.4, -0.2) is 39.5 Å². The quantitative estimate of drug-likeness (QED) is 0.309. The van der Waals surface area contributed by atoms with Crippen LogP contribution in [-0.2, 0) is 33.6 Å². The van der Waals surface area contributed by atoms with Crippen LogP contribution < -0.4 is 10.6 Å². The Bertz CT molecular complexity index is 1410. The Morgan fingerprint density at radius 1 is 1.18 bits per heavy atom. The number of carbonyl (C=O) groups is 3. The van der Waals surface area contributed by atoms with Gasteiger partial charge in [0.25, 0.3) is 0 Å². The lowest BCUT2D eigenvalue weighted by Crippen LogP contribution is -2.62. The molecule has 7 nitrogen and oxygen atoms in total. The van der Waals surface area contributed by atoms with Crippen LogP contribution in [0.4, 0.5) is 8.78 Å². The third kappa shape index (κ3) is 5.35. The molecule has 0 saturated carbocycles. The number of aryl methyl sites for hydroxylation is 1. The second-order valence-corrected chi connectivity index (χ2v) is 10.6. The van der Waals surface area contributed by atoms with Gasteiger partial charge in [-0.2, -0.15) is 0 Å². The number of hydrogen-bond donors (Lipinski definition) is 4. The van der Waals surface area contributed by atoms with Crippen molar-refractivity contribution in [2.45, 2.75) is 57.5 Å². The largest absolute Gasteiger partial charge is 0.479 e. The van der Waals surface area contributed by atoms with Crippen LogP contribution in [0.3, 0.4) is 0 Å². The van der Waals surface area contributed by atoms with Crippen molar-refractivity contribution in [3.8, 4) is 0 Å². The average Bonchev–Trinajstić information content (AvgIpc) is 3.22. The fourth-order valence-corrected chi connectivity index (χ4v) is 5.46. The number of fused-ring (bicyclic) bond motifs is 3. The first-order chi connectivity index (χ1) is 18.0. The number of aromatic amines is 1. The number of amides is 2. The van der Waals surface area contributed by atoms with Gasteiger partial charge in [0.1, 0.15) is 23.2 Å². The molecule has 1 heterocycles. The summed E-state index contributed by atoms with van der Waals surface area (Å²) in [4.78, 5) is 42.0. The molecule has 4 N–H and O–H groups in total. The van der Waals surface area contributed by atoms with Crippen molar-refractivity contribution in [1.82, 2.24) is 15.6 Å². The lowest BCUT2D eigenvalue weighted by Gasteiger charge is -2.36. The van der Waals surface area contributed by atoms with Gasteiger partial charge in [0, 0.05) is 28.1 Å². The molecule has 0 fully saturated rings. The third-order valence-corrected chi connectivity index (χ3v) is 7.80. The number of aliphatic carboxylic acids is 1. The van der Waals surface area contributed by atoms with E-state index in [0.717, 1.165) is 17.8 Å². The smallest absolute Gasteiger partial charge is 0.329 e. The number of carboxylic acid groups (broad SMARTS) is 1. The number of hydrogen-bond acceptors (Lipinski definition) is 3. The third-order valence-electron chi connectivity index (χ3n) is 7.28. The standard InChI is InChI=1S/C27H27Cl2F2N3O4/c1-3-13(2)23(33-22(35)11-16-19(30)5-4-6-20(16)31)25(36)34-27(26(37)38)8-7-21-17(12-27)15-9-14(28)10-18(29)24(15)32-21/h4-6,9-10,13,23,32H,3,7-8,11-12H2,1-2H3,(H,33,35)(H,34,36)(H,37,38)/t13?,23-,27+/m0/s1. The molecular weight excluding hydrogens is 539 g/mol. The molecule has 0 spiro atoms. The highest BCUT2D eigenvalue weighted by Crippen LogP contribution is 2.38. The molecule has 0 saturated heterocycles. The Balaban J connectivity index is 1.59. The first kappa shape index (κ1) is 27.9. The van der Waals surface area contributed by atoms with Gasteiger partial charge >= 0.3 is 5.97 Å². The van der Waals surface area contributed by atoms with Gasteiger partial charge in [-0.25, -0.2) is 13.6 Å². The molecule has 1 aliphatic rings. The molecule has 0 aliphatic heterocycles. The van der Waals surface area contributed by atoms with Crippen LogP contribution in [0, 0.1) is 17.6 Å². The van der Waals surface area contributed by atoms with Crippen molar-refractivity contribution in [3.63, 3.8) is 0 Å². The van der Waals surface area contributed by atoms with Crippen molar-refractivity contribution in [3.05, 3.63) is 68.8 Å². The van der Waals surface area contributed by atoms with Crippen molar-refractivity contribution < 1.29 is 28.3 Å². The minimum atomic E-state index is -1.65. The lowest BCUT2D eigenvalue weighted by atomic mass is 9.79. The summed E-state index contributed by atoms with van der Waals surface area (Å²) < 4.78 is 28.1. The summed E-state index contributed by atoms with van der Waals surface area (Å²) in [6.45, 7) is 3.54. The van der Waals surface area contributed by atoms with Gasteiger partial charge in [0.15, 0.2) is 0 Å². The van der Waals surface area contributed by atoms with E-state index in [9.17, 15) is 28.3 Å². The van der Waals surface area contributed by atoms with Gasteiger partial charge < -0.3 is 20.7 Å². The number of carbonyl (C=O) groups excluding carboxylic acids is 2. The summed E-state index contributed by atoms with van der Waals surface area (Å²) in [5, 5.41) is 17.0. The number of rotatable bonds is 8. The molecule has 11 heteroatoms. The zero-order chi connectivity index (χ0) is 27.8. The Hall–Kier alpha value is -3.17. The first-order valence-corrected chi connectivity index (χ1v) is 13.0. The van der Waals surface area contributed by atoms with Crippen LogP contribution in [0.1, 0.15) is 43.5 Å². The summed E-state index contributed by atoms with van der Waals surface area (Å²) in [6.07, 6.45) is 0.277. The second kappa shape index (κ2) is 10.9. The molecule has 38 heavy (non-hydrogen) atoms. The molecule has 0 radical (unpaired) electrons. The second-order valence-electron chi connectivity index (χ2n) is 9.75. The maximum Gasteiger partial charge on any atom is 0.329 e. The van der Waals surface area contributed by atoms with E-state index in [-0.39, 0.29) is 18.8 Å². The summed E-state index contributed by atoms with van der Waals surface area (Å²) in [5.41, 5.74) is 0.0826. The Kier molecular flexibility index (Phi) is 7.99.